The number of nitrogens with two attached hydrogens (primary N) is 1. The van der Waals surface area contributed by atoms with Crippen molar-refractivity contribution in [2.75, 3.05) is 11.9 Å². The summed E-state index contributed by atoms with van der Waals surface area (Å²) >= 11 is 0. The van der Waals surface area contributed by atoms with Gasteiger partial charge >= 0.3 is 0 Å². The Kier molecular flexibility index (Phi) is 2.39. The second-order valence-electron chi connectivity index (χ2n) is 3.53. The molecule has 4 heteroatoms. The fourth-order valence-corrected chi connectivity index (χ4v) is 1.77. The highest BCUT2D eigenvalue weighted by Crippen LogP contribution is 2.29. The monoisotopic (exact) mass is 196 g/mol. The molecule has 1 aromatic carbocycles. The second kappa shape index (κ2) is 3.55. The summed E-state index contributed by atoms with van der Waals surface area (Å²) in [5, 5.41) is 12.5. The summed E-state index contributed by atoms with van der Waals surface area (Å²) in [7, 11) is 0. The van der Waals surface area contributed by atoms with Gasteiger partial charge < -0.3 is 16.2 Å². The lowest BCUT2D eigenvalue weighted by Gasteiger charge is -2.16. The molecular formula is C10H13FN2O. The van der Waals surface area contributed by atoms with E-state index in [-0.39, 0.29) is 18.4 Å². The van der Waals surface area contributed by atoms with Crippen LogP contribution in [0.3, 0.4) is 0 Å². The van der Waals surface area contributed by atoms with E-state index in [9.17, 15) is 9.50 Å². The lowest BCUT2D eigenvalue weighted by molar-refractivity contribution is 0.162. The van der Waals surface area contributed by atoms with E-state index in [1.165, 1.54) is 6.07 Å². The Morgan fingerprint density at radius 3 is 3.07 bits per heavy atom. The van der Waals surface area contributed by atoms with Crippen molar-refractivity contribution >= 4 is 5.69 Å². The van der Waals surface area contributed by atoms with Crippen molar-refractivity contribution in [2.24, 2.45) is 5.73 Å². The number of rotatable bonds is 2. The van der Waals surface area contributed by atoms with Crippen LogP contribution in [0.4, 0.5) is 10.1 Å². The molecule has 0 bridgehead atoms. The summed E-state index contributed by atoms with van der Waals surface area (Å²) in [4.78, 5) is 0. The van der Waals surface area contributed by atoms with Crippen LogP contribution in [0.15, 0.2) is 18.2 Å². The third-order valence-corrected chi connectivity index (χ3v) is 2.58. The van der Waals surface area contributed by atoms with E-state index >= 15 is 0 Å². The van der Waals surface area contributed by atoms with Gasteiger partial charge in [-0.15, -0.1) is 0 Å². The fourth-order valence-electron chi connectivity index (χ4n) is 1.77. The standard InChI is InChI=1S/C10H13FN2O/c11-7-3-1-2-6-4-8(9(14)5-12)13-10(6)7/h1-3,8-9,13-14H,4-5,12H2. The van der Waals surface area contributed by atoms with E-state index in [1.54, 1.807) is 6.07 Å². The number of benzene rings is 1. The summed E-state index contributed by atoms with van der Waals surface area (Å²) in [6.07, 6.45) is 0.00708. The largest absolute Gasteiger partial charge is 0.390 e. The number of aliphatic hydroxyl groups excluding tert-OH is 1. The highest BCUT2D eigenvalue weighted by Gasteiger charge is 2.27. The van der Waals surface area contributed by atoms with Gasteiger partial charge in [-0.2, -0.15) is 0 Å². The normalized spacial score (nSPS) is 21.5. The van der Waals surface area contributed by atoms with E-state index in [1.807, 2.05) is 6.07 Å². The molecule has 1 aromatic rings. The number of hydrogen-bond donors (Lipinski definition) is 3. The van der Waals surface area contributed by atoms with Gasteiger partial charge in [0.2, 0.25) is 0 Å². The first-order valence-corrected chi connectivity index (χ1v) is 4.64. The van der Waals surface area contributed by atoms with Crippen LogP contribution in [0, 0.1) is 5.82 Å². The number of anilines is 1. The van der Waals surface area contributed by atoms with Crippen molar-refractivity contribution in [3.05, 3.63) is 29.6 Å². The molecule has 0 saturated heterocycles. The minimum absolute atomic E-state index is 0.160. The molecule has 0 aromatic heterocycles. The molecule has 0 saturated carbocycles. The number of para-hydroxylation sites is 1. The van der Waals surface area contributed by atoms with E-state index < -0.39 is 6.10 Å². The number of hydrogen-bond acceptors (Lipinski definition) is 3. The molecule has 4 N–H and O–H groups in total. The molecule has 0 fully saturated rings. The van der Waals surface area contributed by atoms with Crippen molar-refractivity contribution in [2.45, 2.75) is 18.6 Å². The molecule has 1 aliphatic rings. The smallest absolute Gasteiger partial charge is 0.146 e. The number of aliphatic hydroxyl groups is 1. The molecule has 1 heterocycles. The zero-order chi connectivity index (χ0) is 10.1. The number of halogens is 1. The van der Waals surface area contributed by atoms with Crippen molar-refractivity contribution in [3.63, 3.8) is 0 Å². The molecule has 3 nitrogen and oxygen atoms in total. The van der Waals surface area contributed by atoms with Gasteiger partial charge in [0.1, 0.15) is 5.82 Å². The maximum absolute atomic E-state index is 13.3. The zero-order valence-electron chi connectivity index (χ0n) is 7.70. The molecule has 2 atom stereocenters. The average Bonchev–Trinajstić information content (AvgIpc) is 2.62. The Labute approximate surface area is 81.7 Å². The van der Waals surface area contributed by atoms with Gasteiger partial charge in [0, 0.05) is 6.54 Å². The number of fused-ring (bicyclic) bond motifs is 1. The SMILES string of the molecule is NCC(O)C1Cc2cccc(F)c2N1. The molecule has 0 spiro atoms. The van der Waals surface area contributed by atoms with Crippen molar-refractivity contribution in [3.8, 4) is 0 Å². The maximum Gasteiger partial charge on any atom is 0.146 e. The summed E-state index contributed by atoms with van der Waals surface area (Å²) in [6.45, 7) is 0.188. The van der Waals surface area contributed by atoms with Crippen molar-refractivity contribution in [1.82, 2.24) is 0 Å². The zero-order valence-corrected chi connectivity index (χ0v) is 7.70. The Balaban J connectivity index is 2.22. The van der Waals surface area contributed by atoms with Crippen molar-refractivity contribution < 1.29 is 9.50 Å². The first-order chi connectivity index (χ1) is 6.72. The molecule has 2 rings (SSSR count). The molecule has 1 aliphatic heterocycles. The Morgan fingerprint density at radius 1 is 1.64 bits per heavy atom. The number of nitrogens with one attached hydrogen (secondary N) is 1. The third kappa shape index (κ3) is 1.47. The van der Waals surface area contributed by atoms with Crippen LogP contribution in [0.1, 0.15) is 5.56 Å². The Bertz CT molecular complexity index is 343. The summed E-state index contributed by atoms with van der Waals surface area (Å²) in [5.74, 6) is -0.269. The molecule has 76 valence electrons. The molecule has 2 unspecified atom stereocenters. The van der Waals surface area contributed by atoms with Gasteiger partial charge in [-0.3, -0.25) is 0 Å². The van der Waals surface area contributed by atoms with Gasteiger partial charge in [0.05, 0.1) is 17.8 Å². The first kappa shape index (κ1) is 9.43. The lowest BCUT2D eigenvalue weighted by atomic mass is 10.1. The van der Waals surface area contributed by atoms with E-state index in [0.29, 0.717) is 12.1 Å². The molecule has 0 aliphatic carbocycles. The highest BCUT2D eigenvalue weighted by molar-refractivity contribution is 5.58. The van der Waals surface area contributed by atoms with Gasteiger partial charge in [-0.05, 0) is 18.1 Å². The van der Waals surface area contributed by atoms with Crippen LogP contribution in [0.2, 0.25) is 0 Å². The lowest BCUT2D eigenvalue weighted by Crippen LogP contribution is -2.37. The van der Waals surface area contributed by atoms with Crippen LogP contribution in [-0.2, 0) is 6.42 Å². The van der Waals surface area contributed by atoms with E-state index in [2.05, 4.69) is 5.32 Å². The van der Waals surface area contributed by atoms with E-state index in [0.717, 1.165) is 5.56 Å². The van der Waals surface area contributed by atoms with Gasteiger partial charge in [0.25, 0.3) is 0 Å². The minimum atomic E-state index is -0.623. The summed E-state index contributed by atoms with van der Waals surface area (Å²) in [5.41, 5.74) is 6.75. The van der Waals surface area contributed by atoms with Crippen LogP contribution < -0.4 is 11.1 Å². The molecule has 0 amide bonds. The molecule has 0 radical (unpaired) electrons. The predicted molar refractivity (Wildman–Crippen MR) is 52.6 cm³/mol. The van der Waals surface area contributed by atoms with Crippen LogP contribution in [0.5, 0.6) is 0 Å². The van der Waals surface area contributed by atoms with Crippen LogP contribution in [0.25, 0.3) is 0 Å². The van der Waals surface area contributed by atoms with E-state index in [4.69, 9.17) is 5.73 Å². The Morgan fingerprint density at radius 2 is 2.43 bits per heavy atom. The topological polar surface area (TPSA) is 58.3 Å². The van der Waals surface area contributed by atoms with Gasteiger partial charge in [-0.25, -0.2) is 4.39 Å². The van der Waals surface area contributed by atoms with Gasteiger partial charge in [-0.1, -0.05) is 12.1 Å². The predicted octanol–water partition coefficient (Wildman–Crippen LogP) is 0.482. The van der Waals surface area contributed by atoms with Crippen LogP contribution in [-0.4, -0.2) is 23.8 Å². The first-order valence-electron chi connectivity index (χ1n) is 4.64. The summed E-state index contributed by atoms with van der Waals surface area (Å²) in [6, 6.07) is 4.77. The Hall–Kier alpha value is -1.13. The fraction of sp³-hybridized carbons (Fsp3) is 0.400. The molecular weight excluding hydrogens is 183 g/mol. The third-order valence-electron chi connectivity index (χ3n) is 2.58. The highest BCUT2D eigenvalue weighted by atomic mass is 19.1. The van der Waals surface area contributed by atoms with Gasteiger partial charge in [0.15, 0.2) is 0 Å². The van der Waals surface area contributed by atoms with Crippen LogP contribution >= 0.6 is 0 Å². The second-order valence-corrected chi connectivity index (χ2v) is 3.53. The molecule has 14 heavy (non-hydrogen) atoms. The maximum atomic E-state index is 13.3. The quantitative estimate of drug-likeness (QED) is 0.645. The van der Waals surface area contributed by atoms with Crippen molar-refractivity contribution in [1.29, 1.82) is 0 Å². The average molecular weight is 196 g/mol. The summed E-state index contributed by atoms with van der Waals surface area (Å²) < 4.78 is 13.3. The minimum Gasteiger partial charge on any atom is -0.390 e.